The van der Waals surface area contributed by atoms with Gasteiger partial charge in [0, 0.05) is 36.5 Å². The molecule has 128 valence electrons. The molecular weight excluding hydrogens is 319 g/mol. The number of aromatic amines is 1. The van der Waals surface area contributed by atoms with Crippen LogP contribution in [0.2, 0.25) is 0 Å². The molecule has 1 atom stereocenters. The second-order valence-electron chi connectivity index (χ2n) is 6.26. The lowest BCUT2D eigenvalue weighted by atomic mass is 9.90. The largest absolute Gasteiger partial charge is 0.368 e. The summed E-state index contributed by atoms with van der Waals surface area (Å²) in [4.78, 5) is 10.5. The fraction of sp³-hybridized carbons (Fsp3) is 0.278. The highest BCUT2D eigenvalue weighted by atomic mass is 19.1. The maximum Gasteiger partial charge on any atom is 0.221 e. The topological polar surface area (TPSA) is 83.7 Å². The predicted molar refractivity (Wildman–Crippen MR) is 94.6 cm³/mol. The standard InChI is InChI=1S/C18H19FN6/c19-14-5-3-12(4-6-14)15-10-22-24-17(15)13-2-1-9-25(11-13)16-7-8-21-18(20)23-16/h3-8,10,13H,1-2,9,11H2,(H,22,24)(H2,20,21,23)/t13-/m1/s1. The van der Waals surface area contributed by atoms with Gasteiger partial charge in [-0.05, 0) is 36.6 Å². The Morgan fingerprint density at radius 1 is 1.20 bits per heavy atom. The van der Waals surface area contributed by atoms with E-state index in [2.05, 4.69) is 25.1 Å². The van der Waals surface area contributed by atoms with Crippen molar-refractivity contribution in [3.05, 3.63) is 54.2 Å². The minimum atomic E-state index is -0.237. The van der Waals surface area contributed by atoms with Crippen molar-refractivity contribution in [2.45, 2.75) is 18.8 Å². The highest BCUT2D eigenvalue weighted by molar-refractivity contribution is 5.66. The van der Waals surface area contributed by atoms with Gasteiger partial charge in [0.15, 0.2) is 0 Å². The minimum Gasteiger partial charge on any atom is -0.368 e. The number of H-pyrrole nitrogens is 1. The van der Waals surface area contributed by atoms with Crippen LogP contribution in [0.4, 0.5) is 16.2 Å². The number of hydrogen-bond acceptors (Lipinski definition) is 5. The predicted octanol–water partition coefficient (Wildman–Crippen LogP) is 2.97. The molecule has 1 aliphatic heterocycles. The first-order valence-corrected chi connectivity index (χ1v) is 8.33. The minimum absolute atomic E-state index is 0.237. The van der Waals surface area contributed by atoms with Crippen LogP contribution in [0.5, 0.6) is 0 Å². The Morgan fingerprint density at radius 3 is 2.84 bits per heavy atom. The van der Waals surface area contributed by atoms with Crippen LogP contribution >= 0.6 is 0 Å². The normalized spacial score (nSPS) is 17.6. The molecule has 6 nitrogen and oxygen atoms in total. The zero-order valence-electron chi connectivity index (χ0n) is 13.7. The maximum absolute atomic E-state index is 13.2. The van der Waals surface area contributed by atoms with Crippen LogP contribution in [0.15, 0.2) is 42.7 Å². The second kappa shape index (κ2) is 6.51. The Kier molecular flexibility index (Phi) is 4.05. The van der Waals surface area contributed by atoms with Gasteiger partial charge in [0.2, 0.25) is 5.95 Å². The van der Waals surface area contributed by atoms with Gasteiger partial charge in [-0.2, -0.15) is 10.1 Å². The first-order chi connectivity index (χ1) is 12.2. The Bertz CT molecular complexity index is 860. The monoisotopic (exact) mass is 338 g/mol. The lowest BCUT2D eigenvalue weighted by Gasteiger charge is -2.33. The van der Waals surface area contributed by atoms with E-state index in [0.717, 1.165) is 48.6 Å². The summed E-state index contributed by atoms with van der Waals surface area (Å²) in [6, 6.07) is 8.41. The first-order valence-electron chi connectivity index (χ1n) is 8.33. The molecule has 7 heteroatoms. The molecule has 2 aromatic heterocycles. The molecule has 0 bridgehead atoms. The third-order valence-corrected chi connectivity index (χ3v) is 4.64. The van der Waals surface area contributed by atoms with Gasteiger partial charge in [-0.25, -0.2) is 9.37 Å². The van der Waals surface area contributed by atoms with Gasteiger partial charge in [0.05, 0.1) is 6.20 Å². The van der Waals surface area contributed by atoms with Gasteiger partial charge in [-0.3, -0.25) is 5.10 Å². The number of benzene rings is 1. The van der Waals surface area contributed by atoms with Crippen molar-refractivity contribution in [3.8, 4) is 11.1 Å². The fourth-order valence-electron chi connectivity index (χ4n) is 3.43. The molecule has 1 aliphatic rings. The number of halogens is 1. The number of piperidine rings is 1. The summed E-state index contributed by atoms with van der Waals surface area (Å²) in [5, 5.41) is 7.37. The van der Waals surface area contributed by atoms with E-state index >= 15 is 0 Å². The van der Waals surface area contributed by atoms with E-state index in [0.29, 0.717) is 5.92 Å². The summed E-state index contributed by atoms with van der Waals surface area (Å²) in [6.45, 7) is 1.76. The Balaban J connectivity index is 1.60. The van der Waals surface area contributed by atoms with E-state index in [1.807, 2.05) is 12.3 Å². The second-order valence-corrected chi connectivity index (χ2v) is 6.26. The zero-order valence-corrected chi connectivity index (χ0v) is 13.7. The lowest BCUT2D eigenvalue weighted by molar-refractivity contribution is 0.498. The van der Waals surface area contributed by atoms with Crippen LogP contribution in [0.1, 0.15) is 24.5 Å². The van der Waals surface area contributed by atoms with Gasteiger partial charge in [0.1, 0.15) is 11.6 Å². The van der Waals surface area contributed by atoms with E-state index in [1.54, 1.807) is 18.3 Å². The average Bonchev–Trinajstić information content (AvgIpc) is 3.12. The number of nitrogens with one attached hydrogen (secondary N) is 1. The quantitative estimate of drug-likeness (QED) is 0.767. The Morgan fingerprint density at radius 2 is 2.04 bits per heavy atom. The molecular formula is C18H19FN6. The molecule has 0 aliphatic carbocycles. The number of anilines is 2. The summed E-state index contributed by atoms with van der Waals surface area (Å²) >= 11 is 0. The molecule has 0 radical (unpaired) electrons. The van der Waals surface area contributed by atoms with Crippen LogP contribution in [-0.4, -0.2) is 33.3 Å². The van der Waals surface area contributed by atoms with Crippen molar-refractivity contribution >= 4 is 11.8 Å². The van der Waals surface area contributed by atoms with E-state index in [-0.39, 0.29) is 11.8 Å². The molecule has 1 fully saturated rings. The summed E-state index contributed by atoms with van der Waals surface area (Å²) < 4.78 is 13.2. The van der Waals surface area contributed by atoms with E-state index in [9.17, 15) is 4.39 Å². The van der Waals surface area contributed by atoms with Crippen LogP contribution in [0.3, 0.4) is 0 Å². The molecule has 0 spiro atoms. The van der Waals surface area contributed by atoms with Crippen LogP contribution in [0.25, 0.3) is 11.1 Å². The number of rotatable bonds is 3. The summed E-state index contributed by atoms with van der Waals surface area (Å²) in [7, 11) is 0. The molecule has 4 rings (SSSR count). The molecule has 1 aromatic carbocycles. The van der Waals surface area contributed by atoms with Gasteiger partial charge in [-0.1, -0.05) is 12.1 Å². The van der Waals surface area contributed by atoms with Gasteiger partial charge in [-0.15, -0.1) is 0 Å². The summed E-state index contributed by atoms with van der Waals surface area (Å²) in [5.74, 6) is 1.19. The molecule has 0 unspecified atom stereocenters. The number of nitrogen functional groups attached to an aromatic ring is 1. The summed E-state index contributed by atoms with van der Waals surface area (Å²) in [5.41, 5.74) is 8.78. The molecule has 3 aromatic rings. The lowest BCUT2D eigenvalue weighted by Crippen LogP contribution is -2.35. The van der Waals surface area contributed by atoms with Crippen molar-refractivity contribution in [1.29, 1.82) is 0 Å². The SMILES string of the molecule is Nc1nccc(N2CCC[C@@H](c3[nH]ncc3-c3ccc(F)cc3)C2)n1. The smallest absolute Gasteiger partial charge is 0.221 e. The van der Waals surface area contributed by atoms with Crippen molar-refractivity contribution in [2.75, 3.05) is 23.7 Å². The molecule has 1 saturated heterocycles. The first kappa shape index (κ1) is 15.6. The van der Waals surface area contributed by atoms with E-state index in [4.69, 9.17) is 5.73 Å². The van der Waals surface area contributed by atoms with Crippen molar-refractivity contribution in [2.24, 2.45) is 0 Å². The number of nitrogens with two attached hydrogens (primary N) is 1. The van der Waals surface area contributed by atoms with Crippen LogP contribution in [-0.2, 0) is 0 Å². The number of hydrogen-bond donors (Lipinski definition) is 2. The van der Waals surface area contributed by atoms with Gasteiger partial charge >= 0.3 is 0 Å². The number of nitrogens with zero attached hydrogens (tertiary/aromatic N) is 4. The maximum atomic E-state index is 13.2. The fourth-order valence-corrected chi connectivity index (χ4v) is 3.43. The Hall–Kier alpha value is -2.96. The van der Waals surface area contributed by atoms with Gasteiger partial charge < -0.3 is 10.6 Å². The molecule has 3 heterocycles. The highest BCUT2D eigenvalue weighted by Gasteiger charge is 2.26. The van der Waals surface area contributed by atoms with E-state index < -0.39 is 0 Å². The molecule has 0 saturated carbocycles. The average molecular weight is 338 g/mol. The number of aromatic nitrogens is 4. The van der Waals surface area contributed by atoms with E-state index in [1.165, 1.54) is 12.1 Å². The third-order valence-electron chi connectivity index (χ3n) is 4.64. The molecule has 3 N–H and O–H groups in total. The molecule has 25 heavy (non-hydrogen) atoms. The zero-order chi connectivity index (χ0) is 17.2. The van der Waals surface area contributed by atoms with Crippen molar-refractivity contribution in [3.63, 3.8) is 0 Å². The van der Waals surface area contributed by atoms with Crippen LogP contribution in [0, 0.1) is 5.82 Å². The third kappa shape index (κ3) is 3.17. The Labute approximate surface area is 144 Å². The molecule has 0 amide bonds. The van der Waals surface area contributed by atoms with Gasteiger partial charge in [0.25, 0.3) is 0 Å². The van der Waals surface area contributed by atoms with Crippen LogP contribution < -0.4 is 10.6 Å². The van der Waals surface area contributed by atoms with Crippen molar-refractivity contribution in [1.82, 2.24) is 20.2 Å². The van der Waals surface area contributed by atoms with Crippen molar-refractivity contribution < 1.29 is 4.39 Å². The summed E-state index contributed by atoms with van der Waals surface area (Å²) in [6.07, 6.45) is 5.61. The highest BCUT2D eigenvalue weighted by Crippen LogP contribution is 2.34.